The maximum Gasteiger partial charge on any atom is 0.326 e. The first-order chi connectivity index (χ1) is 7.74. The Balaban J connectivity index is 2.53. The van der Waals surface area contributed by atoms with E-state index in [0.717, 1.165) is 12.8 Å². The quantitative estimate of drug-likeness (QED) is 0.515. The van der Waals surface area contributed by atoms with Crippen molar-refractivity contribution in [2.45, 2.75) is 38.3 Å². The first kappa shape index (κ1) is 13.3. The zero-order chi connectivity index (χ0) is 13.2. The highest BCUT2D eigenvalue weighted by atomic mass is 16.4. The van der Waals surface area contributed by atoms with Gasteiger partial charge in [0.2, 0.25) is 5.91 Å². The van der Waals surface area contributed by atoms with Crippen LogP contribution in [0.5, 0.6) is 0 Å². The lowest BCUT2D eigenvalue weighted by atomic mass is 10.1. The van der Waals surface area contributed by atoms with Gasteiger partial charge in [-0.3, -0.25) is 4.79 Å². The van der Waals surface area contributed by atoms with Crippen LogP contribution in [-0.2, 0) is 9.59 Å². The van der Waals surface area contributed by atoms with E-state index in [1.165, 1.54) is 13.8 Å². The Hall–Kier alpha value is -1.79. The molecule has 1 aliphatic rings. The average Bonchev–Trinajstić information content (AvgIpc) is 2.95. The number of urea groups is 1. The Bertz CT molecular complexity index is 349. The summed E-state index contributed by atoms with van der Waals surface area (Å²) in [7, 11) is 0. The molecule has 7 nitrogen and oxygen atoms in total. The van der Waals surface area contributed by atoms with Gasteiger partial charge in [0.1, 0.15) is 11.6 Å². The fraction of sp³-hybridized carbons (Fsp3) is 0.700. The van der Waals surface area contributed by atoms with Crippen LogP contribution in [0, 0.1) is 5.92 Å². The van der Waals surface area contributed by atoms with Crippen LogP contribution >= 0.6 is 0 Å². The van der Waals surface area contributed by atoms with E-state index in [1.54, 1.807) is 0 Å². The predicted molar refractivity (Wildman–Crippen MR) is 59.1 cm³/mol. The number of carbonyl (C=O) groups excluding carboxylic acids is 2. The molecule has 0 aromatic rings. The molecule has 0 spiro atoms. The van der Waals surface area contributed by atoms with Gasteiger partial charge in [-0.25, -0.2) is 9.59 Å². The second-order valence-corrected chi connectivity index (χ2v) is 4.74. The summed E-state index contributed by atoms with van der Waals surface area (Å²) in [5.74, 6) is -1.78. The van der Waals surface area contributed by atoms with Gasteiger partial charge in [-0.1, -0.05) is 0 Å². The maximum absolute atomic E-state index is 11.5. The van der Waals surface area contributed by atoms with Crippen molar-refractivity contribution in [1.82, 2.24) is 10.6 Å². The molecule has 5 N–H and O–H groups in total. The topological polar surface area (TPSA) is 122 Å². The molecule has 1 atom stereocenters. The molecule has 1 saturated carbocycles. The van der Waals surface area contributed by atoms with Crippen LogP contribution in [0.4, 0.5) is 4.79 Å². The third-order valence-corrected chi connectivity index (χ3v) is 2.69. The van der Waals surface area contributed by atoms with Gasteiger partial charge in [0.15, 0.2) is 0 Å². The summed E-state index contributed by atoms with van der Waals surface area (Å²) in [6, 6.07) is -1.60. The standard InChI is InChI=1S/C10H17N3O4/c1-10(2,8(11)16)13-9(17)12-6(7(14)15)5-3-4-5/h5-6H,3-4H2,1-2H3,(H2,11,16)(H,14,15)(H2,12,13,17). The molecule has 96 valence electrons. The SMILES string of the molecule is CC(C)(NC(=O)NC(C(=O)O)C1CC1)C(N)=O. The smallest absolute Gasteiger partial charge is 0.326 e. The van der Waals surface area contributed by atoms with E-state index in [-0.39, 0.29) is 5.92 Å². The van der Waals surface area contributed by atoms with E-state index in [9.17, 15) is 14.4 Å². The van der Waals surface area contributed by atoms with Gasteiger partial charge in [-0.05, 0) is 32.6 Å². The van der Waals surface area contributed by atoms with E-state index in [1.807, 2.05) is 0 Å². The van der Waals surface area contributed by atoms with Gasteiger partial charge in [0, 0.05) is 0 Å². The summed E-state index contributed by atoms with van der Waals surface area (Å²) in [5.41, 5.74) is 3.87. The number of nitrogens with two attached hydrogens (primary N) is 1. The van der Waals surface area contributed by atoms with Crippen LogP contribution in [0.2, 0.25) is 0 Å². The molecule has 1 fully saturated rings. The number of hydrogen-bond donors (Lipinski definition) is 4. The summed E-state index contributed by atoms with van der Waals surface area (Å²) < 4.78 is 0. The summed E-state index contributed by atoms with van der Waals surface area (Å²) >= 11 is 0. The number of carboxylic acid groups (broad SMARTS) is 1. The molecular weight excluding hydrogens is 226 g/mol. The number of aliphatic carboxylic acids is 1. The van der Waals surface area contributed by atoms with Crippen molar-refractivity contribution in [1.29, 1.82) is 0 Å². The Kier molecular flexibility index (Phi) is 3.59. The number of amides is 3. The average molecular weight is 243 g/mol. The molecule has 0 heterocycles. The highest BCUT2D eigenvalue weighted by molar-refractivity contribution is 5.90. The number of carbonyl (C=O) groups is 3. The Morgan fingerprint density at radius 2 is 1.88 bits per heavy atom. The lowest BCUT2D eigenvalue weighted by Gasteiger charge is -2.24. The number of hydrogen-bond acceptors (Lipinski definition) is 3. The molecule has 0 aromatic carbocycles. The van der Waals surface area contributed by atoms with Crippen molar-refractivity contribution >= 4 is 17.9 Å². The first-order valence-corrected chi connectivity index (χ1v) is 5.35. The molecule has 0 radical (unpaired) electrons. The largest absolute Gasteiger partial charge is 0.480 e. The van der Waals surface area contributed by atoms with E-state index < -0.39 is 29.5 Å². The molecule has 1 unspecified atom stereocenters. The van der Waals surface area contributed by atoms with Gasteiger partial charge in [0.25, 0.3) is 0 Å². The van der Waals surface area contributed by atoms with Gasteiger partial charge in [0.05, 0.1) is 0 Å². The van der Waals surface area contributed by atoms with Crippen molar-refractivity contribution in [3.8, 4) is 0 Å². The van der Waals surface area contributed by atoms with Gasteiger partial charge in [-0.2, -0.15) is 0 Å². The highest BCUT2D eigenvalue weighted by Gasteiger charge is 2.38. The fourth-order valence-corrected chi connectivity index (χ4v) is 1.33. The van der Waals surface area contributed by atoms with Gasteiger partial charge >= 0.3 is 12.0 Å². The molecule has 0 aliphatic heterocycles. The van der Waals surface area contributed by atoms with E-state index in [2.05, 4.69) is 10.6 Å². The van der Waals surface area contributed by atoms with Crippen LogP contribution in [0.3, 0.4) is 0 Å². The monoisotopic (exact) mass is 243 g/mol. The molecule has 1 aliphatic carbocycles. The summed E-state index contributed by atoms with van der Waals surface area (Å²) in [6.07, 6.45) is 1.58. The van der Waals surface area contributed by atoms with Crippen molar-refractivity contribution in [3.63, 3.8) is 0 Å². The maximum atomic E-state index is 11.5. The van der Waals surface area contributed by atoms with Crippen LogP contribution < -0.4 is 16.4 Å². The van der Waals surface area contributed by atoms with E-state index in [0.29, 0.717) is 0 Å². The predicted octanol–water partition coefficient (Wildman–Crippen LogP) is -0.587. The zero-order valence-electron chi connectivity index (χ0n) is 9.82. The second-order valence-electron chi connectivity index (χ2n) is 4.74. The summed E-state index contributed by atoms with van der Waals surface area (Å²) in [5, 5.41) is 13.6. The molecular formula is C10H17N3O4. The van der Waals surface area contributed by atoms with Crippen LogP contribution in [-0.4, -0.2) is 34.6 Å². The molecule has 1 rings (SSSR count). The number of nitrogens with one attached hydrogen (secondary N) is 2. The number of rotatable bonds is 5. The van der Waals surface area contributed by atoms with Crippen LogP contribution in [0.25, 0.3) is 0 Å². The van der Waals surface area contributed by atoms with E-state index in [4.69, 9.17) is 10.8 Å². The minimum atomic E-state index is -1.21. The van der Waals surface area contributed by atoms with Crippen LogP contribution in [0.1, 0.15) is 26.7 Å². The number of primary amides is 1. The molecule has 0 aromatic heterocycles. The van der Waals surface area contributed by atoms with Gasteiger partial charge in [-0.15, -0.1) is 0 Å². The van der Waals surface area contributed by atoms with Crippen molar-refractivity contribution in [2.24, 2.45) is 11.7 Å². The Labute approximate surface area is 98.7 Å². The van der Waals surface area contributed by atoms with Crippen molar-refractivity contribution in [2.75, 3.05) is 0 Å². The Morgan fingerprint density at radius 1 is 1.35 bits per heavy atom. The van der Waals surface area contributed by atoms with Crippen molar-refractivity contribution < 1.29 is 19.5 Å². The molecule has 17 heavy (non-hydrogen) atoms. The third kappa shape index (κ3) is 3.61. The van der Waals surface area contributed by atoms with E-state index >= 15 is 0 Å². The number of carboxylic acids is 1. The molecule has 7 heteroatoms. The second kappa shape index (κ2) is 4.60. The zero-order valence-corrected chi connectivity index (χ0v) is 9.82. The molecule has 0 saturated heterocycles. The minimum absolute atomic E-state index is 0.0186. The van der Waals surface area contributed by atoms with Crippen LogP contribution in [0.15, 0.2) is 0 Å². The first-order valence-electron chi connectivity index (χ1n) is 5.35. The lowest BCUT2D eigenvalue weighted by Crippen LogP contribution is -2.58. The molecule has 0 bridgehead atoms. The van der Waals surface area contributed by atoms with Crippen molar-refractivity contribution in [3.05, 3.63) is 0 Å². The molecule has 3 amide bonds. The summed E-state index contributed by atoms with van der Waals surface area (Å²) in [4.78, 5) is 33.4. The summed E-state index contributed by atoms with van der Waals surface area (Å²) in [6.45, 7) is 2.89. The normalized spacial score (nSPS) is 17.1. The Morgan fingerprint density at radius 3 is 2.24 bits per heavy atom. The lowest BCUT2D eigenvalue weighted by molar-refractivity contribution is -0.139. The minimum Gasteiger partial charge on any atom is -0.480 e. The highest BCUT2D eigenvalue weighted by Crippen LogP contribution is 2.32. The third-order valence-electron chi connectivity index (χ3n) is 2.69. The van der Waals surface area contributed by atoms with Gasteiger partial charge < -0.3 is 21.5 Å². The fourth-order valence-electron chi connectivity index (χ4n) is 1.33.